The molecule has 1 saturated heterocycles. The Kier molecular flexibility index (Phi) is 7.99. The lowest BCUT2D eigenvalue weighted by atomic mass is 9.71. The number of hydrogen-bond acceptors (Lipinski definition) is 3. The van der Waals surface area contributed by atoms with Gasteiger partial charge in [0.2, 0.25) is 5.91 Å². The molecule has 1 amide bonds. The van der Waals surface area contributed by atoms with Crippen LogP contribution < -0.4 is 5.73 Å². The van der Waals surface area contributed by atoms with Crippen molar-refractivity contribution in [2.24, 2.45) is 17.1 Å². The van der Waals surface area contributed by atoms with Crippen LogP contribution in [0.5, 0.6) is 0 Å². The van der Waals surface area contributed by atoms with Crippen molar-refractivity contribution in [1.82, 2.24) is 4.90 Å². The van der Waals surface area contributed by atoms with E-state index >= 15 is 0 Å². The number of methoxy groups -OCH3 is 1. The SMILES string of the molecule is COCC1CCCN(C(=O)CC2(CN)CCCCC2)C1.Cl. The number of nitrogens with zero attached hydrogens (tertiary/aromatic N) is 1. The lowest BCUT2D eigenvalue weighted by Gasteiger charge is -2.39. The highest BCUT2D eigenvalue weighted by molar-refractivity contribution is 5.85. The number of nitrogens with two attached hydrogens (primary N) is 1. The minimum Gasteiger partial charge on any atom is -0.384 e. The number of halogens is 1. The van der Waals surface area contributed by atoms with Gasteiger partial charge in [-0.25, -0.2) is 0 Å². The highest BCUT2D eigenvalue weighted by Crippen LogP contribution is 2.39. The first-order valence-corrected chi connectivity index (χ1v) is 8.16. The smallest absolute Gasteiger partial charge is 0.223 e. The summed E-state index contributed by atoms with van der Waals surface area (Å²) in [6.07, 6.45) is 8.97. The molecule has 4 nitrogen and oxygen atoms in total. The number of piperidine rings is 1. The van der Waals surface area contributed by atoms with Crippen molar-refractivity contribution in [3.63, 3.8) is 0 Å². The fourth-order valence-electron chi connectivity index (χ4n) is 3.85. The van der Waals surface area contributed by atoms with Crippen LogP contribution >= 0.6 is 12.4 Å². The molecule has 1 unspecified atom stereocenters. The Morgan fingerprint density at radius 3 is 2.62 bits per heavy atom. The van der Waals surface area contributed by atoms with Gasteiger partial charge in [-0.2, -0.15) is 0 Å². The molecule has 21 heavy (non-hydrogen) atoms. The van der Waals surface area contributed by atoms with Crippen molar-refractivity contribution in [1.29, 1.82) is 0 Å². The fraction of sp³-hybridized carbons (Fsp3) is 0.938. The van der Waals surface area contributed by atoms with Crippen molar-refractivity contribution in [3.8, 4) is 0 Å². The average Bonchev–Trinajstić information content (AvgIpc) is 2.49. The number of amides is 1. The van der Waals surface area contributed by atoms with Crippen LogP contribution in [-0.2, 0) is 9.53 Å². The van der Waals surface area contributed by atoms with Crippen molar-refractivity contribution in [3.05, 3.63) is 0 Å². The molecule has 124 valence electrons. The van der Waals surface area contributed by atoms with E-state index in [4.69, 9.17) is 10.5 Å². The number of likely N-dealkylation sites (tertiary alicyclic amines) is 1. The van der Waals surface area contributed by atoms with Crippen LogP contribution in [0, 0.1) is 11.3 Å². The molecule has 0 radical (unpaired) electrons. The highest BCUT2D eigenvalue weighted by atomic mass is 35.5. The number of rotatable bonds is 5. The first kappa shape index (κ1) is 18.7. The van der Waals surface area contributed by atoms with Gasteiger partial charge in [0.1, 0.15) is 0 Å². The Morgan fingerprint density at radius 2 is 2.00 bits per heavy atom. The van der Waals surface area contributed by atoms with E-state index in [1.165, 1.54) is 25.7 Å². The summed E-state index contributed by atoms with van der Waals surface area (Å²) >= 11 is 0. The van der Waals surface area contributed by atoms with Gasteiger partial charge in [-0.3, -0.25) is 4.79 Å². The zero-order valence-electron chi connectivity index (χ0n) is 13.3. The Labute approximate surface area is 135 Å². The van der Waals surface area contributed by atoms with Gasteiger partial charge in [0.05, 0.1) is 6.61 Å². The van der Waals surface area contributed by atoms with E-state index < -0.39 is 0 Å². The van der Waals surface area contributed by atoms with E-state index in [1.54, 1.807) is 7.11 Å². The quantitative estimate of drug-likeness (QED) is 0.847. The minimum atomic E-state index is 0. The summed E-state index contributed by atoms with van der Waals surface area (Å²) in [7, 11) is 1.74. The molecule has 0 bridgehead atoms. The molecule has 2 aliphatic rings. The maximum Gasteiger partial charge on any atom is 0.223 e. The van der Waals surface area contributed by atoms with E-state index in [0.717, 1.165) is 39.0 Å². The molecule has 2 rings (SSSR count). The number of ether oxygens (including phenoxy) is 1. The normalized spacial score (nSPS) is 25.2. The fourth-order valence-corrected chi connectivity index (χ4v) is 3.85. The topological polar surface area (TPSA) is 55.6 Å². The number of hydrogen-bond donors (Lipinski definition) is 1. The predicted octanol–water partition coefficient (Wildman–Crippen LogP) is 2.59. The van der Waals surface area contributed by atoms with E-state index in [9.17, 15) is 4.79 Å². The van der Waals surface area contributed by atoms with Gasteiger partial charge in [-0.05, 0) is 43.6 Å². The Morgan fingerprint density at radius 1 is 1.29 bits per heavy atom. The van der Waals surface area contributed by atoms with Crippen LogP contribution in [0.2, 0.25) is 0 Å². The van der Waals surface area contributed by atoms with Gasteiger partial charge >= 0.3 is 0 Å². The Balaban J connectivity index is 0.00000220. The molecule has 1 atom stereocenters. The molecule has 0 spiro atoms. The maximum absolute atomic E-state index is 12.6. The van der Waals surface area contributed by atoms with Crippen LogP contribution in [0.4, 0.5) is 0 Å². The molecule has 1 saturated carbocycles. The lowest BCUT2D eigenvalue weighted by Crippen LogP contribution is -2.45. The third-order valence-corrected chi connectivity index (χ3v) is 5.15. The number of carbonyl (C=O) groups excluding carboxylic acids is 1. The molecular weight excluding hydrogens is 288 g/mol. The molecule has 1 aliphatic heterocycles. The van der Waals surface area contributed by atoms with Crippen LogP contribution in [0.1, 0.15) is 51.4 Å². The minimum absolute atomic E-state index is 0. The molecule has 1 aliphatic carbocycles. The van der Waals surface area contributed by atoms with Gasteiger partial charge < -0.3 is 15.4 Å². The van der Waals surface area contributed by atoms with Gasteiger partial charge in [-0.1, -0.05) is 19.3 Å². The van der Waals surface area contributed by atoms with Crippen molar-refractivity contribution in [2.75, 3.05) is 33.4 Å². The van der Waals surface area contributed by atoms with E-state index in [0.29, 0.717) is 24.8 Å². The Bertz CT molecular complexity index is 317. The summed E-state index contributed by atoms with van der Waals surface area (Å²) < 4.78 is 5.24. The van der Waals surface area contributed by atoms with Gasteiger partial charge in [0.15, 0.2) is 0 Å². The summed E-state index contributed by atoms with van der Waals surface area (Å²) in [6.45, 7) is 3.22. The van der Waals surface area contributed by atoms with Crippen molar-refractivity contribution in [2.45, 2.75) is 51.4 Å². The third-order valence-electron chi connectivity index (χ3n) is 5.15. The van der Waals surface area contributed by atoms with Gasteiger partial charge in [0.25, 0.3) is 0 Å². The first-order valence-electron chi connectivity index (χ1n) is 8.16. The summed E-state index contributed by atoms with van der Waals surface area (Å²) in [5.74, 6) is 0.830. The van der Waals surface area contributed by atoms with Gasteiger partial charge in [0, 0.05) is 26.6 Å². The molecule has 1 heterocycles. The molecule has 0 aromatic heterocycles. The second kappa shape index (κ2) is 8.96. The number of carbonyl (C=O) groups is 1. The second-order valence-corrected chi connectivity index (χ2v) is 6.74. The second-order valence-electron chi connectivity index (χ2n) is 6.74. The maximum atomic E-state index is 12.6. The monoisotopic (exact) mass is 318 g/mol. The Hall–Kier alpha value is -0.320. The van der Waals surface area contributed by atoms with Crippen molar-refractivity contribution >= 4 is 18.3 Å². The van der Waals surface area contributed by atoms with Gasteiger partial charge in [-0.15, -0.1) is 12.4 Å². The summed E-state index contributed by atoms with van der Waals surface area (Å²) in [5.41, 5.74) is 6.09. The van der Waals surface area contributed by atoms with Crippen LogP contribution in [-0.4, -0.2) is 44.2 Å². The molecular formula is C16H31ClN2O2. The van der Waals surface area contributed by atoms with Crippen LogP contribution in [0.25, 0.3) is 0 Å². The molecule has 2 N–H and O–H groups in total. The summed E-state index contributed by atoms with van der Waals surface area (Å²) in [6, 6.07) is 0. The molecule has 0 aromatic carbocycles. The molecule has 5 heteroatoms. The largest absolute Gasteiger partial charge is 0.384 e. The first-order chi connectivity index (χ1) is 9.69. The molecule has 0 aromatic rings. The predicted molar refractivity (Wildman–Crippen MR) is 87.6 cm³/mol. The zero-order valence-corrected chi connectivity index (χ0v) is 14.1. The van der Waals surface area contributed by atoms with E-state index in [1.807, 2.05) is 0 Å². The van der Waals surface area contributed by atoms with E-state index in [2.05, 4.69) is 4.90 Å². The summed E-state index contributed by atoms with van der Waals surface area (Å²) in [4.78, 5) is 14.7. The summed E-state index contributed by atoms with van der Waals surface area (Å²) in [5, 5.41) is 0. The van der Waals surface area contributed by atoms with Crippen LogP contribution in [0.15, 0.2) is 0 Å². The zero-order chi connectivity index (χ0) is 14.4. The van der Waals surface area contributed by atoms with E-state index in [-0.39, 0.29) is 17.8 Å². The van der Waals surface area contributed by atoms with Crippen molar-refractivity contribution < 1.29 is 9.53 Å². The standard InChI is InChI=1S/C16H30N2O2.ClH/c1-20-12-14-6-5-9-18(11-14)15(19)10-16(13-17)7-3-2-4-8-16;/h14H,2-13,17H2,1H3;1H. The highest BCUT2D eigenvalue weighted by Gasteiger charge is 2.35. The average molecular weight is 319 g/mol. The van der Waals surface area contributed by atoms with Crippen LogP contribution in [0.3, 0.4) is 0 Å². The lowest BCUT2D eigenvalue weighted by molar-refractivity contribution is -0.136. The molecule has 2 fully saturated rings. The third kappa shape index (κ3) is 5.11.